The molecule has 1 unspecified atom stereocenters. The molecule has 1 amide bonds. The average molecular weight is 214 g/mol. The van der Waals surface area contributed by atoms with Crippen LogP contribution in [0.15, 0.2) is 5.38 Å². The minimum Gasteiger partial charge on any atom is -0.474 e. The number of nitrogens with one attached hydrogen (secondary N) is 1. The van der Waals surface area contributed by atoms with Gasteiger partial charge in [0.05, 0.1) is 6.04 Å². The second-order valence-corrected chi connectivity index (χ2v) is 3.72. The number of carboxylic acid groups (broad SMARTS) is 1. The summed E-state index contributed by atoms with van der Waals surface area (Å²) in [6, 6.07) is -0.364. The molecule has 0 fully saturated rings. The van der Waals surface area contributed by atoms with E-state index in [1.54, 1.807) is 6.92 Å². The van der Waals surface area contributed by atoms with Crippen LogP contribution >= 0.6 is 11.3 Å². The number of thiazole rings is 1. The molecule has 76 valence electrons. The van der Waals surface area contributed by atoms with E-state index >= 15 is 0 Å². The first-order valence-corrected chi connectivity index (χ1v) is 4.84. The fourth-order valence-electron chi connectivity index (χ4n) is 0.891. The number of aliphatic carboxylic acids is 1. The van der Waals surface area contributed by atoms with Crippen LogP contribution in [0.25, 0.3) is 0 Å². The lowest BCUT2D eigenvalue weighted by Gasteiger charge is -2.07. The van der Waals surface area contributed by atoms with Gasteiger partial charge in [0, 0.05) is 11.1 Å². The number of rotatable bonds is 2. The minimum atomic E-state index is -1.48. The Hall–Kier alpha value is -1.43. The molecule has 14 heavy (non-hydrogen) atoms. The van der Waals surface area contributed by atoms with E-state index in [0.29, 0.717) is 5.01 Å². The third kappa shape index (κ3) is 2.53. The van der Waals surface area contributed by atoms with Gasteiger partial charge in [0.15, 0.2) is 0 Å². The lowest BCUT2D eigenvalue weighted by atomic mass is 10.3. The van der Waals surface area contributed by atoms with Gasteiger partial charge in [-0.15, -0.1) is 11.3 Å². The molecule has 1 atom stereocenters. The van der Waals surface area contributed by atoms with Gasteiger partial charge in [-0.25, -0.2) is 9.78 Å². The summed E-state index contributed by atoms with van der Waals surface area (Å²) in [6.45, 7) is 3.53. The standard InChI is InChI=1S/C8H10N2O3S/c1-4-3-14-7(9-4)5(2)10-6(11)8(12)13/h3,5H,1-2H3,(H,10,11)(H,12,13). The predicted octanol–water partition coefficient (Wildman–Crippen LogP) is 0.713. The number of aromatic nitrogens is 1. The van der Waals surface area contributed by atoms with Gasteiger partial charge in [-0.3, -0.25) is 4.79 Å². The first-order valence-electron chi connectivity index (χ1n) is 3.96. The third-order valence-electron chi connectivity index (χ3n) is 1.55. The number of hydrogen-bond acceptors (Lipinski definition) is 4. The van der Waals surface area contributed by atoms with Crippen molar-refractivity contribution in [2.24, 2.45) is 0 Å². The Morgan fingerprint density at radius 1 is 1.64 bits per heavy atom. The van der Waals surface area contributed by atoms with Crippen molar-refractivity contribution in [1.29, 1.82) is 0 Å². The van der Waals surface area contributed by atoms with Crippen molar-refractivity contribution in [3.8, 4) is 0 Å². The van der Waals surface area contributed by atoms with Crippen LogP contribution in [0.4, 0.5) is 0 Å². The van der Waals surface area contributed by atoms with Crippen LogP contribution < -0.4 is 5.32 Å². The lowest BCUT2D eigenvalue weighted by molar-refractivity contribution is -0.150. The topological polar surface area (TPSA) is 79.3 Å². The average Bonchev–Trinajstić information content (AvgIpc) is 2.51. The highest BCUT2D eigenvalue weighted by Gasteiger charge is 2.17. The maximum Gasteiger partial charge on any atom is 0.394 e. The molecule has 1 aromatic rings. The van der Waals surface area contributed by atoms with Gasteiger partial charge in [0.1, 0.15) is 5.01 Å². The van der Waals surface area contributed by atoms with E-state index in [1.165, 1.54) is 11.3 Å². The molecule has 0 radical (unpaired) electrons. The number of aryl methyl sites for hydroxylation is 1. The molecule has 6 heteroatoms. The van der Waals surface area contributed by atoms with Crippen LogP contribution in [0.3, 0.4) is 0 Å². The van der Waals surface area contributed by atoms with Crippen molar-refractivity contribution in [2.75, 3.05) is 0 Å². The summed E-state index contributed by atoms with van der Waals surface area (Å²) in [7, 11) is 0. The van der Waals surface area contributed by atoms with Gasteiger partial charge in [-0.2, -0.15) is 0 Å². The van der Waals surface area contributed by atoms with Crippen LogP contribution in [-0.2, 0) is 9.59 Å². The molecule has 0 spiro atoms. The summed E-state index contributed by atoms with van der Waals surface area (Å²) in [5.74, 6) is -2.49. The van der Waals surface area contributed by atoms with Gasteiger partial charge in [0.2, 0.25) is 0 Å². The molecule has 5 nitrogen and oxygen atoms in total. The highest BCUT2D eigenvalue weighted by atomic mass is 32.1. The van der Waals surface area contributed by atoms with Crippen molar-refractivity contribution >= 4 is 23.2 Å². The molecule has 0 aliphatic heterocycles. The van der Waals surface area contributed by atoms with Crippen LogP contribution in [0.2, 0.25) is 0 Å². The molecule has 0 saturated carbocycles. The Morgan fingerprint density at radius 2 is 2.29 bits per heavy atom. The van der Waals surface area contributed by atoms with Crippen molar-refractivity contribution in [3.63, 3.8) is 0 Å². The van der Waals surface area contributed by atoms with E-state index in [9.17, 15) is 9.59 Å². The molecule has 0 aromatic carbocycles. The van der Waals surface area contributed by atoms with E-state index in [4.69, 9.17) is 5.11 Å². The van der Waals surface area contributed by atoms with E-state index in [2.05, 4.69) is 10.3 Å². The highest BCUT2D eigenvalue weighted by Crippen LogP contribution is 2.16. The fourth-order valence-corrected chi connectivity index (χ4v) is 1.69. The van der Waals surface area contributed by atoms with Gasteiger partial charge in [-0.1, -0.05) is 0 Å². The van der Waals surface area contributed by atoms with E-state index in [0.717, 1.165) is 5.69 Å². The number of carbonyl (C=O) groups excluding carboxylic acids is 1. The maximum atomic E-state index is 10.8. The molecule has 0 aliphatic rings. The summed E-state index contributed by atoms with van der Waals surface area (Å²) < 4.78 is 0. The van der Waals surface area contributed by atoms with Gasteiger partial charge >= 0.3 is 11.9 Å². The Balaban J connectivity index is 2.63. The largest absolute Gasteiger partial charge is 0.474 e. The summed E-state index contributed by atoms with van der Waals surface area (Å²) in [6.07, 6.45) is 0. The summed E-state index contributed by atoms with van der Waals surface area (Å²) >= 11 is 1.39. The number of carbonyl (C=O) groups is 2. The van der Waals surface area contributed by atoms with Gasteiger partial charge in [-0.05, 0) is 13.8 Å². The van der Waals surface area contributed by atoms with Gasteiger partial charge in [0.25, 0.3) is 0 Å². The van der Waals surface area contributed by atoms with E-state index in [1.807, 2.05) is 12.3 Å². The quantitative estimate of drug-likeness (QED) is 0.711. The summed E-state index contributed by atoms with van der Waals surface area (Å²) in [5, 5.41) is 13.2. The molecule has 1 heterocycles. The van der Waals surface area contributed by atoms with Crippen LogP contribution in [-0.4, -0.2) is 22.0 Å². The zero-order valence-electron chi connectivity index (χ0n) is 7.77. The zero-order valence-corrected chi connectivity index (χ0v) is 8.59. The molecule has 2 N–H and O–H groups in total. The molecule has 0 aliphatic carbocycles. The second-order valence-electron chi connectivity index (χ2n) is 2.83. The van der Waals surface area contributed by atoms with Crippen LogP contribution in [0.5, 0.6) is 0 Å². The predicted molar refractivity (Wildman–Crippen MR) is 51.0 cm³/mol. The SMILES string of the molecule is Cc1csc(C(C)NC(=O)C(=O)O)n1. The Bertz CT molecular complexity index is 361. The maximum absolute atomic E-state index is 10.8. The monoisotopic (exact) mass is 214 g/mol. The molecule has 1 rings (SSSR count). The van der Waals surface area contributed by atoms with Crippen molar-refractivity contribution < 1.29 is 14.7 Å². The van der Waals surface area contributed by atoms with Crippen molar-refractivity contribution in [3.05, 3.63) is 16.1 Å². The smallest absolute Gasteiger partial charge is 0.394 e. The molecule has 1 aromatic heterocycles. The zero-order chi connectivity index (χ0) is 10.7. The molecular weight excluding hydrogens is 204 g/mol. The summed E-state index contributed by atoms with van der Waals surface area (Å²) in [5.41, 5.74) is 0.862. The molecular formula is C8H10N2O3S. The van der Waals surface area contributed by atoms with Crippen molar-refractivity contribution in [1.82, 2.24) is 10.3 Å². The van der Waals surface area contributed by atoms with Crippen LogP contribution in [0.1, 0.15) is 23.7 Å². The van der Waals surface area contributed by atoms with Crippen molar-refractivity contribution in [2.45, 2.75) is 19.9 Å². The number of nitrogens with zero attached hydrogens (tertiary/aromatic N) is 1. The molecule has 0 bridgehead atoms. The highest BCUT2D eigenvalue weighted by molar-refractivity contribution is 7.09. The minimum absolute atomic E-state index is 0.364. The third-order valence-corrected chi connectivity index (χ3v) is 2.69. The Labute approximate surface area is 84.8 Å². The first kappa shape index (κ1) is 10.6. The fraction of sp³-hybridized carbons (Fsp3) is 0.375. The second kappa shape index (κ2) is 4.19. The first-order chi connectivity index (χ1) is 6.50. The Kier molecular flexibility index (Phi) is 3.19. The lowest BCUT2D eigenvalue weighted by Crippen LogP contribution is -2.32. The molecule has 0 saturated heterocycles. The van der Waals surface area contributed by atoms with E-state index in [-0.39, 0.29) is 6.04 Å². The normalized spacial score (nSPS) is 12.1. The number of carboxylic acids is 1. The number of hydrogen-bond donors (Lipinski definition) is 2. The number of amides is 1. The van der Waals surface area contributed by atoms with Gasteiger partial charge < -0.3 is 10.4 Å². The van der Waals surface area contributed by atoms with Crippen LogP contribution in [0, 0.1) is 6.92 Å². The Morgan fingerprint density at radius 3 is 2.71 bits per heavy atom. The van der Waals surface area contributed by atoms with E-state index < -0.39 is 11.9 Å². The summed E-state index contributed by atoms with van der Waals surface area (Å²) in [4.78, 5) is 25.2.